The molecule has 1 unspecified atom stereocenters. The Bertz CT molecular complexity index is 462. The number of aromatic nitrogens is 2. The molecule has 16 heavy (non-hydrogen) atoms. The molecule has 3 nitrogen and oxygen atoms in total. The van der Waals surface area contributed by atoms with Crippen molar-refractivity contribution in [1.82, 2.24) is 15.3 Å². The third-order valence-electron chi connectivity index (χ3n) is 3.22. The highest BCUT2D eigenvalue weighted by Gasteiger charge is 2.24. The van der Waals surface area contributed by atoms with Gasteiger partial charge < -0.3 is 10.3 Å². The van der Waals surface area contributed by atoms with Gasteiger partial charge in [0, 0.05) is 30.9 Å². The highest BCUT2D eigenvalue weighted by Crippen LogP contribution is 2.33. The summed E-state index contributed by atoms with van der Waals surface area (Å²) in [4.78, 5) is 7.09. The number of imidazole rings is 1. The zero-order valence-electron chi connectivity index (χ0n) is 9.11. The van der Waals surface area contributed by atoms with Crippen LogP contribution < -0.4 is 5.32 Å². The summed E-state index contributed by atoms with van der Waals surface area (Å²) in [6.07, 6.45) is 4.80. The van der Waals surface area contributed by atoms with Crippen molar-refractivity contribution < 1.29 is 0 Å². The normalized spacial score (nSPS) is 17.9. The second-order valence-corrected chi connectivity index (χ2v) is 4.31. The second-order valence-electron chi connectivity index (χ2n) is 4.31. The lowest BCUT2D eigenvalue weighted by atomic mass is 9.77. The number of rotatable bonds is 4. The summed E-state index contributed by atoms with van der Waals surface area (Å²) in [5, 5.41) is 3.46. The van der Waals surface area contributed by atoms with Gasteiger partial charge in [-0.15, -0.1) is 0 Å². The third-order valence-corrected chi connectivity index (χ3v) is 3.22. The van der Waals surface area contributed by atoms with Gasteiger partial charge in [0.25, 0.3) is 0 Å². The number of nitrogens with zero attached hydrogens (tertiary/aromatic N) is 1. The Balaban J connectivity index is 1.52. The van der Waals surface area contributed by atoms with Crippen molar-refractivity contribution in [2.24, 2.45) is 0 Å². The van der Waals surface area contributed by atoms with Crippen LogP contribution in [0.4, 0.5) is 0 Å². The molecule has 0 saturated heterocycles. The first kappa shape index (κ1) is 9.60. The summed E-state index contributed by atoms with van der Waals surface area (Å²) in [5.74, 6) is 0.694. The Morgan fingerprint density at radius 2 is 2.31 bits per heavy atom. The number of aromatic amines is 1. The molecule has 3 rings (SSSR count). The zero-order chi connectivity index (χ0) is 10.8. The minimum atomic E-state index is 0.694. The van der Waals surface area contributed by atoms with Crippen LogP contribution in [0.1, 0.15) is 22.7 Å². The molecule has 1 aromatic carbocycles. The first-order chi connectivity index (χ1) is 7.93. The van der Waals surface area contributed by atoms with Crippen LogP contribution in [0, 0.1) is 0 Å². The Morgan fingerprint density at radius 3 is 3.12 bits per heavy atom. The first-order valence-corrected chi connectivity index (χ1v) is 5.69. The van der Waals surface area contributed by atoms with E-state index in [1.165, 1.54) is 17.5 Å². The Hall–Kier alpha value is -1.61. The average molecular weight is 213 g/mol. The van der Waals surface area contributed by atoms with Crippen LogP contribution in [-0.4, -0.2) is 16.5 Å². The van der Waals surface area contributed by atoms with Crippen LogP contribution in [-0.2, 0) is 13.0 Å². The lowest BCUT2D eigenvalue weighted by Gasteiger charge is -2.30. The van der Waals surface area contributed by atoms with Gasteiger partial charge in [-0.1, -0.05) is 24.3 Å². The minimum Gasteiger partial charge on any atom is -0.347 e. The van der Waals surface area contributed by atoms with Crippen molar-refractivity contribution in [2.45, 2.75) is 18.9 Å². The number of nitrogens with one attached hydrogen (secondary N) is 2. The van der Waals surface area contributed by atoms with Crippen LogP contribution in [0.2, 0.25) is 0 Å². The van der Waals surface area contributed by atoms with Gasteiger partial charge in [-0.3, -0.25) is 0 Å². The van der Waals surface area contributed by atoms with Crippen molar-refractivity contribution >= 4 is 0 Å². The summed E-state index contributed by atoms with van der Waals surface area (Å²) < 4.78 is 0. The van der Waals surface area contributed by atoms with Gasteiger partial charge in [0.1, 0.15) is 0 Å². The van der Waals surface area contributed by atoms with Gasteiger partial charge in [-0.25, -0.2) is 4.98 Å². The number of hydrogen-bond acceptors (Lipinski definition) is 2. The van der Waals surface area contributed by atoms with Gasteiger partial charge >= 0.3 is 0 Å². The molecule has 1 aliphatic rings. The summed E-state index contributed by atoms with van der Waals surface area (Å²) in [6, 6.07) is 8.70. The van der Waals surface area contributed by atoms with E-state index < -0.39 is 0 Å². The first-order valence-electron chi connectivity index (χ1n) is 5.69. The van der Waals surface area contributed by atoms with Crippen molar-refractivity contribution in [2.75, 3.05) is 6.54 Å². The van der Waals surface area contributed by atoms with E-state index in [0.717, 1.165) is 18.8 Å². The molecule has 0 saturated carbocycles. The second kappa shape index (κ2) is 4.10. The summed E-state index contributed by atoms with van der Waals surface area (Å²) in [5.41, 5.74) is 4.17. The van der Waals surface area contributed by atoms with Gasteiger partial charge in [-0.05, 0) is 17.5 Å². The quantitative estimate of drug-likeness (QED) is 0.813. The van der Waals surface area contributed by atoms with Crippen LogP contribution in [0.25, 0.3) is 0 Å². The standard InChI is InChI=1S/C13H15N3/c1-2-4-13-10(3-1)5-11(13)6-14-7-12-8-15-9-16-12/h1-4,8-9,11,14H,5-7H2,(H,15,16). The van der Waals surface area contributed by atoms with Gasteiger partial charge in [0.05, 0.1) is 6.33 Å². The Labute approximate surface area is 94.9 Å². The van der Waals surface area contributed by atoms with E-state index >= 15 is 0 Å². The predicted octanol–water partition coefficient (Wildman–Crippen LogP) is 1.84. The maximum atomic E-state index is 3.99. The van der Waals surface area contributed by atoms with E-state index in [4.69, 9.17) is 0 Å². The van der Waals surface area contributed by atoms with Crippen LogP contribution in [0.15, 0.2) is 36.8 Å². The highest BCUT2D eigenvalue weighted by molar-refractivity contribution is 5.40. The molecule has 1 aromatic heterocycles. The van der Waals surface area contributed by atoms with E-state index in [2.05, 4.69) is 39.6 Å². The molecular weight excluding hydrogens is 198 g/mol. The third kappa shape index (κ3) is 1.74. The van der Waals surface area contributed by atoms with Crippen LogP contribution in [0.5, 0.6) is 0 Å². The summed E-state index contributed by atoms with van der Waals surface area (Å²) >= 11 is 0. The fourth-order valence-electron chi connectivity index (χ4n) is 2.31. The fraction of sp³-hybridized carbons (Fsp3) is 0.308. The molecule has 82 valence electrons. The molecule has 0 spiro atoms. The molecule has 2 aromatic rings. The molecule has 0 radical (unpaired) electrons. The summed E-state index contributed by atoms with van der Waals surface area (Å²) in [6.45, 7) is 1.93. The van der Waals surface area contributed by atoms with E-state index in [9.17, 15) is 0 Å². The van der Waals surface area contributed by atoms with E-state index in [0.29, 0.717) is 5.92 Å². The Kier molecular flexibility index (Phi) is 2.46. The fourth-order valence-corrected chi connectivity index (χ4v) is 2.31. The van der Waals surface area contributed by atoms with Gasteiger partial charge in [0.2, 0.25) is 0 Å². The molecule has 0 aliphatic heterocycles. The predicted molar refractivity (Wildman–Crippen MR) is 63.2 cm³/mol. The number of H-pyrrole nitrogens is 1. The smallest absolute Gasteiger partial charge is 0.0922 e. The highest BCUT2D eigenvalue weighted by atomic mass is 14.9. The zero-order valence-corrected chi connectivity index (χ0v) is 9.11. The Morgan fingerprint density at radius 1 is 1.38 bits per heavy atom. The number of hydrogen-bond donors (Lipinski definition) is 2. The van der Waals surface area contributed by atoms with Gasteiger partial charge in [-0.2, -0.15) is 0 Å². The van der Waals surface area contributed by atoms with Crippen molar-refractivity contribution in [1.29, 1.82) is 0 Å². The average Bonchev–Trinajstić information content (AvgIpc) is 2.77. The SMILES string of the molecule is c1ccc2c(c1)CC2CNCc1cnc[nH]1. The molecule has 1 aliphatic carbocycles. The lowest BCUT2D eigenvalue weighted by Crippen LogP contribution is -2.28. The van der Waals surface area contributed by atoms with Crippen molar-refractivity contribution in [3.8, 4) is 0 Å². The van der Waals surface area contributed by atoms with Crippen molar-refractivity contribution in [3.63, 3.8) is 0 Å². The molecule has 3 heteroatoms. The molecular formula is C13H15N3. The lowest BCUT2D eigenvalue weighted by molar-refractivity contribution is 0.533. The molecule has 1 heterocycles. The van der Waals surface area contributed by atoms with Crippen LogP contribution in [0.3, 0.4) is 0 Å². The molecule has 0 fully saturated rings. The minimum absolute atomic E-state index is 0.694. The molecule has 0 bridgehead atoms. The van der Waals surface area contributed by atoms with Gasteiger partial charge in [0.15, 0.2) is 0 Å². The molecule has 1 atom stereocenters. The number of fused-ring (bicyclic) bond motifs is 1. The maximum Gasteiger partial charge on any atom is 0.0922 e. The molecule has 2 N–H and O–H groups in total. The topological polar surface area (TPSA) is 40.7 Å². The summed E-state index contributed by atoms with van der Waals surface area (Å²) in [7, 11) is 0. The van der Waals surface area contributed by atoms with E-state index in [-0.39, 0.29) is 0 Å². The van der Waals surface area contributed by atoms with E-state index in [1.54, 1.807) is 6.33 Å². The van der Waals surface area contributed by atoms with E-state index in [1.807, 2.05) is 6.20 Å². The van der Waals surface area contributed by atoms with Crippen LogP contribution >= 0.6 is 0 Å². The molecule has 0 amide bonds. The van der Waals surface area contributed by atoms with Crippen molar-refractivity contribution in [3.05, 3.63) is 53.6 Å². The maximum absolute atomic E-state index is 3.99. The monoisotopic (exact) mass is 213 g/mol. The largest absolute Gasteiger partial charge is 0.347 e. The number of benzene rings is 1.